The molecule has 0 amide bonds. The first-order valence-electron chi connectivity index (χ1n) is 6.16. The number of benzene rings is 1. The Labute approximate surface area is 120 Å². The van der Waals surface area contributed by atoms with Gasteiger partial charge in [0.05, 0.1) is 12.7 Å². The van der Waals surface area contributed by atoms with Crippen LogP contribution in [-0.4, -0.2) is 22.2 Å². The molecule has 0 unspecified atom stereocenters. The van der Waals surface area contributed by atoms with E-state index in [0.717, 1.165) is 4.57 Å². The highest BCUT2D eigenvalue weighted by Gasteiger charge is 2.08. The predicted octanol–water partition coefficient (Wildman–Crippen LogP) is 0.614. The first-order valence-corrected chi connectivity index (χ1v) is 6.16. The largest absolute Gasteiger partial charge is 0.465 e. The summed E-state index contributed by atoms with van der Waals surface area (Å²) in [6.45, 7) is 0. The summed E-state index contributed by atoms with van der Waals surface area (Å²) in [4.78, 5) is 35.0. The van der Waals surface area contributed by atoms with E-state index < -0.39 is 17.2 Å². The number of anilines is 2. The third-order valence-corrected chi connectivity index (χ3v) is 3.08. The Morgan fingerprint density at radius 1 is 1.14 bits per heavy atom. The van der Waals surface area contributed by atoms with Crippen molar-refractivity contribution >= 4 is 17.5 Å². The molecule has 7 nitrogen and oxygen atoms in total. The number of ether oxygens (including phenoxy) is 1. The fourth-order valence-corrected chi connectivity index (χ4v) is 1.84. The van der Waals surface area contributed by atoms with E-state index in [-0.39, 0.29) is 0 Å². The first-order chi connectivity index (χ1) is 9.93. The van der Waals surface area contributed by atoms with Gasteiger partial charge in [-0.1, -0.05) is 6.07 Å². The van der Waals surface area contributed by atoms with Crippen molar-refractivity contribution < 1.29 is 9.53 Å². The molecule has 0 spiro atoms. The summed E-state index contributed by atoms with van der Waals surface area (Å²) >= 11 is 0. The second-order valence-electron chi connectivity index (χ2n) is 4.47. The maximum atomic E-state index is 11.8. The number of carbonyl (C=O) groups is 1. The molecule has 0 saturated heterocycles. The molecule has 110 valence electrons. The molecule has 7 heteroatoms. The number of methoxy groups -OCH3 is 1. The molecule has 0 atom stereocenters. The Kier molecular flexibility index (Phi) is 3.93. The highest BCUT2D eigenvalue weighted by Crippen LogP contribution is 2.16. The van der Waals surface area contributed by atoms with Crippen molar-refractivity contribution in [2.75, 3.05) is 12.4 Å². The molecular weight excluding hydrogens is 274 g/mol. The summed E-state index contributed by atoms with van der Waals surface area (Å²) in [6.07, 6.45) is 0. The van der Waals surface area contributed by atoms with Crippen LogP contribution in [-0.2, 0) is 18.8 Å². The summed E-state index contributed by atoms with van der Waals surface area (Å²) < 4.78 is 6.97. The van der Waals surface area contributed by atoms with E-state index in [1.165, 1.54) is 24.8 Å². The predicted molar refractivity (Wildman–Crippen MR) is 78.0 cm³/mol. The number of rotatable bonds is 3. The van der Waals surface area contributed by atoms with Gasteiger partial charge in [0.15, 0.2) is 0 Å². The van der Waals surface area contributed by atoms with Crippen LogP contribution < -0.4 is 16.6 Å². The monoisotopic (exact) mass is 289 g/mol. The van der Waals surface area contributed by atoms with Gasteiger partial charge in [-0.2, -0.15) is 0 Å². The zero-order valence-corrected chi connectivity index (χ0v) is 11.9. The summed E-state index contributed by atoms with van der Waals surface area (Å²) in [5, 5.41) is 2.94. The normalized spacial score (nSPS) is 10.2. The number of esters is 1. The highest BCUT2D eigenvalue weighted by atomic mass is 16.5. The second kappa shape index (κ2) is 5.66. The number of hydrogen-bond donors (Lipinski definition) is 1. The van der Waals surface area contributed by atoms with E-state index >= 15 is 0 Å². The van der Waals surface area contributed by atoms with Crippen LogP contribution in [0, 0.1) is 0 Å². The van der Waals surface area contributed by atoms with Crippen LogP contribution in [0.3, 0.4) is 0 Å². The quantitative estimate of drug-likeness (QED) is 0.837. The molecule has 1 aromatic heterocycles. The van der Waals surface area contributed by atoms with Crippen molar-refractivity contribution in [1.82, 2.24) is 9.13 Å². The fraction of sp³-hybridized carbons (Fsp3) is 0.214. The topological polar surface area (TPSA) is 82.3 Å². The van der Waals surface area contributed by atoms with Crippen molar-refractivity contribution in [3.05, 3.63) is 56.7 Å². The summed E-state index contributed by atoms with van der Waals surface area (Å²) in [7, 11) is 4.26. The molecule has 1 aromatic carbocycles. The van der Waals surface area contributed by atoms with E-state index in [4.69, 9.17) is 0 Å². The van der Waals surface area contributed by atoms with Crippen LogP contribution >= 0.6 is 0 Å². The maximum Gasteiger partial charge on any atom is 0.337 e. The zero-order chi connectivity index (χ0) is 15.6. The lowest BCUT2D eigenvalue weighted by atomic mass is 10.2. The molecule has 1 N–H and O–H groups in total. The average molecular weight is 289 g/mol. The highest BCUT2D eigenvalue weighted by molar-refractivity contribution is 5.90. The molecule has 0 saturated carbocycles. The molecule has 0 fully saturated rings. The maximum absolute atomic E-state index is 11.8. The first kappa shape index (κ1) is 14.6. The zero-order valence-electron chi connectivity index (χ0n) is 11.9. The molecule has 0 radical (unpaired) electrons. The van der Waals surface area contributed by atoms with E-state index in [2.05, 4.69) is 10.1 Å². The van der Waals surface area contributed by atoms with Gasteiger partial charge >= 0.3 is 11.7 Å². The number of carbonyl (C=O) groups excluding carboxylic acids is 1. The van der Waals surface area contributed by atoms with Gasteiger partial charge in [0.25, 0.3) is 5.56 Å². The molecule has 0 aliphatic rings. The Balaban J connectivity index is 2.42. The lowest BCUT2D eigenvalue weighted by Crippen LogP contribution is -2.37. The van der Waals surface area contributed by atoms with Crippen molar-refractivity contribution in [1.29, 1.82) is 0 Å². The fourth-order valence-electron chi connectivity index (χ4n) is 1.84. The Hall–Kier alpha value is -2.83. The molecule has 2 aromatic rings. The lowest BCUT2D eigenvalue weighted by Gasteiger charge is -2.12. The van der Waals surface area contributed by atoms with Crippen LogP contribution in [0.5, 0.6) is 0 Å². The molecule has 1 heterocycles. The minimum Gasteiger partial charge on any atom is -0.465 e. The van der Waals surface area contributed by atoms with Gasteiger partial charge < -0.3 is 10.1 Å². The Bertz CT molecular complexity index is 805. The SMILES string of the molecule is COC(=O)c1cccc(Nc2cc(=O)n(C)c(=O)n2C)c1. The van der Waals surface area contributed by atoms with Gasteiger partial charge in [0.1, 0.15) is 5.82 Å². The summed E-state index contributed by atoms with van der Waals surface area (Å²) in [6, 6.07) is 7.89. The smallest absolute Gasteiger partial charge is 0.337 e. The Morgan fingerprint density at radius 3 is 2.52 bits per heavy atom. The van der Waals surface area contributed by atoms with Crippen molar-refractivity contribution in [2.45, 2.75) is 0 Å². The Morgan fingerprint density at radius 2 is 1.86 bits per heavy atom. The van der Waals surface area contributed by atoms with E-state index in [1.54, 1.807) is 31.3 Å². The molecule has 0 aliphatic carbocycles. The van der Waals surface area contributed by atoms with Gasteiger partial charge in [-0.25, -0.2) is 9.59 Å². The number of aromatic nitrogens is 2. The van der Waals surface area contributed by atoms with Crippen LogP contribution in [0.15, 0.2) is 39.9 Å². The van der Waals surface area contributed by atoms with Gasteiger partial charge in [-0.05, 0) is 18.2 Å². The van der Waals surface area contributed by atoms with Gasteiger partial charge in [0.2, 0.25) is 0 Å². The van der Waals surface area contributed by atoms with E-state index in [0.29, 0.717) is 17.1 Å². The lowest BCUT2D eigenvalue weighted by molar-refractivity contribution is 0.0601. The average Bonchev–Trinajstić information content (AvgIpc) is 2.50. The minimum atomic E-state index is -0.462. The molecule has 21 heavy (non-hydrogen) atoms. The standard InChI is InChI=1S/C14H15N3O4/c1-16-11(8-12(18)17(2)14(16)20)15-10-6-4-5-9(7-10)13(19)21-3/h4-8,15H,1-3H3. The van der Waals surface area contributed by atoms with Gasteiger partial charge in [-0.15, -0.1) is 0 Å². The van der Waals surface area contributed by atoms with E-state index in [9.17, 15) is 14.4 Å². The van der Waals surface area contributed by atoms with Gasteiger partial charge in [-0.3, -0.25) is 13.9 Å². The minimum absolute atomic E-state index is 0.338. The number of hydrogen-bond acceptors (Lipinski definition) is 5. The summed E-state index contributed by atoms with van der Waals surface area (Å²) in [5.74, 6) is -0.123. The molecule has 2 rings (SSSR count). The van der Waals surface area contributed by atoms with Crippen LogP contribution in [0.1, 0.15) is 10.4 Å². The number of nitrogens with one attached hydrogen (secondary N) is 1. The van der Waals surface area contributed by atoms with E-state index in [1.807, 2.05) is 0 Å². The molecule has 0 aliphatic heterocycles. The third kappa shape index (κ3) is 2.86. The van der Waals surface area contributed by atoms with Crippen molar-refractivity contribution in [3.8, 4) is 0 Å². The molecular formula is C14H15N3O4. The van der Waals surface area contributed by atoms with Crippen LogP contribution in [0.2, 0.25) is 0 Å². The number of nitrogens with zero attached hydrogens (tertiary/aromatic N) is 2. The third-order valence-electron chi connectivity index (χ3n) is 3.08. The van der Waals surface area contributed by atoms with Crippen molar-refractivity contribution in [3.63, 3.8) is 0 Å². The second-order valence-corrected chi connectivity index (χ2v) is 4.47. The molecule has 0 bridgehead atoms. The van der Waals surface area contributed by atoms with Crippen molar-refractivity contribution in [2.24, 2.45) is 14.1 Å². The van der Waals surface area contributed by atoms with Crippen LogP contribution in [0.4, 0.5) is 11.5 Å². The summed E-state index contributed by atoms with van der Waals surface area (Å²) in [5.41, 5.74) is 0.0938. The van der Waals surface area contributed by atoms with Gasteiger partial charge in [0, 0.05) is 25.8 Å². The van der Waals surface area contributed by atoms with Crippen LogP contribution in [0.25, 0.3) is 0 Å².